The normalized spacial score (nSPS) is 18.7. The Balaban J connectivity index is 1.67. The number of rotatable bonds is 3. The van der Waals surface area contributed by atoms with Crippen LogP contribution in [0.15, 0.2) is 23.2 Å². The van der Waals surface area contributed by atoms with E-state index in [9.17, 15) is 4.79 Å². The Morgan fingerprint density at radius 3 is 3.24 bits per heavy atom. The minimum atomic E-state index is -0.0272. The summed E-state index contributed by atoms with van der Waals surface area (Å²) < 4.78 is 2.06. The van der Waals surface area contributed by atoms with Gasteiger partial charge in [-0.15, -0.1) is 10.2 Å². The second-order valence-corrected chi connectivity index (χ2v) is 5.98. The van der Waals surface area contributed by atoms with Gasteiger partial charge in [-0.05, 0) is 31.2 Å². The first-order valence-corrected chi connectivity index (χ1v) is 8.18. The van der Waals surface area contributed by atoms with Crippen molar-refractivity contribution in [3.8, 4) is 0 Å². The third-order valence-corrected chi connectivity index (χ3v) is 4.52. The molecule has 7 heteroatoms. The Kier molecular flexibility index (Phi) is 4.19. The number of thiophene rings is 1. The van der Waals surface area contributed by atoms with Crippen molar-refractivity contribution in [1.29, 1.82) is 0 Å². The first kappa shape index (κ1) is 14.1. The average molecular weight is 305 g/mol. The third-order valence-electron chi connectivity index (χ3n) is 3.83. The predicted octanol–water partition coefficient (Wildman–Crippen LogP) is 2.77. The summed E-state index contributed by atoms with van der Waals surface area (Å²) in [4.78, 5) is 14.2. The van der Waals surface area contributed by atoms with Gasteiger partial charge in [0.25, 0.3) is 0 Å². The summed E-state index contributed by atoms with van der Waals surface area (Å²) in [6.45, 7) is 4.44. The lowest BCUT2D eigenvalue weighted by atomic mass is 9.97. The summed E-state index contributed by atoms with van der Waals surface area (Å²) >= 11 is 1.58. The van der Waals surface area contributed by atoms with Gasteiger partial charge in [-0.25, -0.2) is 4.79 Å². The fraction of sp³-hybridized carbons (Fsp3) is 0.500. The van der Waals surface area contributed by atoms with Crippen LogP contribution < -0.4 is 5.32 Å². The molecule has 2 aromatic rings. The lowest BCUT2D eigenvalue weighted by Crippen LogP contribution is -2.42. The predicted molar refractivity (Wildman–Crippen MR) is 82.6 cm³/mol. The van der Waals surface area contributed by atoms with Gasteiger partial charge >= 0.3 is 6.03 Å². The number of carbonyl (C=O) groups excluding carboxylic acids is 1. The van der Waals surface area contributed by atoms with Crippen LogP contribution in [0.4, 0.5) is 10.5 Å². The van der Waals surface area contributed by atoms with Crippen LogP contribution in [0.1, 0.15) is 31.5 Å². The molecule has 3 rings (SSSR count). The molecule has 0 radical (unpaired) electrons. The SMILES string of the molecule is CCn1cnnc1C1CCCN(C(=O)Nc2ccsc2)C1. The molecule has 1 saturated heterocycles. The smallest absolute Gasteiger partial charge is 0.321 e. The summed E-state index contributed by atoms with van der Waals surface area (Å²) in [6, 6.07) is 1.89. The minimum Gasteiger partial charge on any atom is -0.324 e. The van der Waals surface area contributed by atoms with Gasteiger partial charge in [-0.2, -0.15) is 11.3 Å². The van der Waals surface area contributed by atoms with Gasteiger partial charge in [0.2, 0.25) is 0 Å². The van der Waals surface area contributed by atoms with Gasteiger partial charge in [0, 0.05) is 30.9 Å². The molecule has 0 saturated carbocycles. The van der Waals surface area contributed by atoms with E-state index in [1.165, 1.54) is 0 Å². The van der Waals surface area contributed by atoms with E-state index in [2.05, 4.69) is 27.0 Å². The number of hydrogen-bond donors (Lipinski definition) is 1. The molecule has 112 valence electrons. The van der Waals surface area contributed by atoms with Gasteiger partial charge < -0.3 is 14.8 Å². The lowest BCUT2D eigenvalue weighted by molar-refractivity contribution is 0.190. The molecule has 1 unspecified atom stereocenters. The summed E-state index contributed by atoms with van der Waals surface area (Å²) in [6.07, 6.45) is 3.82. The van der Waals surface area contributed by atoms with Crippen LogP contribution in [0.2, 0.25) is 0 Å². The molecule has 0 aromatic carbocycles. The van der Waals surface area contributed by atoms with Crippen molar-refractivity contribution in [2.24, 2.45) is 0 Å². The number of nitrogens with one attached hydrogen (secondary N) is 1. The van der Waals surface area contributed by atoms with E-state index in [0.29, 0.717) is 6.54 Å². The maximum absolute atomic E-state index is 12.3. The van der Waals surface area contributed by atoms with E-state index in [0.717, 1.165) is 37.4 Å². The third kappa shape index (κ3) is 3.07. The van der Waals surface area contributed by atoms with E-state index in [4.69, 9.17) is 0 Å². The van der Waals surface area contributed by atoms with E-state index in [1.807, 2.05) is 21.7 Å². The Labute approximate surface area is 127 Å². The summed E-state index contributed by atoms with van der Waals surface area (Å²) in [5.74, 6) is 1.26. The monoisotopic (exact) mass is 305 g/mol. The van der Waals surface area contributed by atoms with Crippen LogP contribution in [-0.2, 0) is 6.54 Å². The summed E-state index contributed by atoms with van der Waals surface area (Å²) in [5, 5.41) is 15.1. The zero-order valence-corrected chi connectivity index (χ0v) is 12.8. The maximum Gasteiger partial charge on any atom is 0.321 e. The van der Waals surface area contributed by atoms with Crippen LogP contribution in [0, 0.1) is 0 Å². The molecule has 6 nitrogen and oxygen atoms in total. The average Bonchev–Trinajstić information content (AvgIpc) is 3.18. The van der Waals surface area contributed by atoms with Crippen molar-refractivity contribution in [2.75, 3.05) is 18.4 Å². The fourth-order valence-corrected chi connectivity index (χ4v) is 3.32. The van der Waals surface area contributed by atoms with Crippen LogP contribution in [0.25, 0.3) is 0 Å². The maximum atomic E-state index is 12.3. The van der Waals surface area contributed by atoms with Gasteiger partial charge in [-0.1, -0.05) is 0 Å². The van der Waals surface area contributed by atoms with Crippen LogP contribution >= 0.6 is 11.3 Å². The standard InChI is InChI=1S/C14H19N5OS/c1-2-18-10-15-17-13(18)11-4-3-6-19(8-11)14(20)16-12-5-7-21-9-12/h5,7,9-11H,2-4,6,8H2,1H3,(H,16,20). The highest BCUT2D eigenvalue weighted by Crippen LogP contribution is 2.26. The van der Waals surface area contributed by atoms with Gasteiger partial charge in [0.05, 0.1) is 5.69 Å². The van der Waals surface area contributed by atoms with Gasteiger partial charge in [0.1, 0.15) is 12.2 Å². The fourth-order valence-electron chi connectivity index (χ4n) is 2.73. The lowest BCUT2D eigenvalue weighted by Gasteiger charge is -2.32. The quantitative estimate of drug-likeness (QED) is 0.948. The Bertz CT molecular complexity index is 594. The van der Waals surface area contributed by atoms with Crippen molar-refractivity contribution in [2.45, 2.75) is 32.2 Å². The number of carbonyl (C=O) groups is 1. The second-order valence-electron chi connectivity index (χ2n) is 5.20. The number of likely N-dealkylation sites (tertiary alicyclic amines) is 1. The number of aryl methyl sites for hydroxylation is 1. The van der Waals surface area contributed by atoms with E-state index in [1.54, 1.807) is 17.7 Å². The highest BCUT2D eigenvalue weighted by molar-refractivity contribution is 7.08. The Hall–Kier alpha value is -1.89. The highest BCUT2D eigenvalue weighted by Gasteiger charge is 2.27. The van der Waals surface area contributed by atoms with E-state index >= 15 is 0 Å². The van der Waals surface area contributed by atoms with Crippen molar-refractivity contribution in [3.05, 3.63) is 29.0 Å². The van der Waals surface area contributed by atoms with E-state index in [-0.39, 0.29) is 11.9 Å². The molecule has 0 spiro atoms. The van der Waals surface area contributed by atoms with E-state index < -0.39 is 0 Å². The molecule has 21 heavy (non-hydrogen) atoms. The second kappa shape index (κ2) is 6.26. The van der Waals surface area contributed by atoms with Gasteiger partial charge in [0.15, 0.2) is 0 Å². The molecule has 1 atom stereocenters. The topological polar surface area (TPSA) is 63.1 Å². The van der Waals surface area contributed by atoms with Crippen LogP contribution in [0.3, 0.4) is 0 Å². The largest absolute Gasteiger partial charge is 0.324 e. The number of aromatic nitrogens is 3. The van der Waals surface area contributed by atoms with Crippen LogP contribution in [-0.4, -0.2) is 38.8 Å². The van der Waals surface area contributed by atoms with Crippen molar-refractivity contribution >= 4 is 23.1 Å². The molecule has 0 bridgehead atoms. The molecule has 1 fully saturated rings. The number of anilines is 1. The molecule has 2 aromatic heterocycles. The zero-order chi connectivity index (χ0) is 14.7. The molecule has 1 N–H and O–H groups in total. The molecular formula is C14H19N5OS. The Morgan fingerprint density at radius 2 is 2.48 bits per heavy atom. The molecule has 1 aliphatic rings. The number of piperidine rings is 1. The minimum absolute atomic E-state index is 0.0272. The van der Waals surface area contributed by atoms with Gasteiger partial charge in [-0.3, -0.25) is 0 Å². The number of urea groups is 1. The van der Waals surface area contributed by atoms with Crippen molar-refractivity contribution in [1.82, 2.24) is 19.7 Å². The summed E-state index contributed by atoms with van der Waals surface area (Å²) in [7, 11) is 0. The zero-order valence-electron chi connectivity index (χ0n) is 12.0. The first-order chi connectivity index (χ1) is 10.3. The summed E-state index contributed by atoms with van der Waals surface area (Å²) in [5.41, 5.74) is 0.865. The molecule has 1 aliphatic heterocycles. The first-order valence-electron chi connectivity index (χ1n) is 7.23. The Morgan fingerprint density at radius 1 is 1.57 bits per heavy atom. The molecule has 3 heterocycles. The number of amides is 2. The number of nitrogens with zero attached hydrogens (tertiary/aromatic N) is 4. The van der Waals surface area contributed by atoms with Crippen LogP contribution in [0.5, 0.6) is 0 Å². The number of hydrogen-bond acceptors (Lipinski definition) is 4. The molecular weight excluding hydrogens is 286 g/mol. The van der Waals surface area contributed by atoms with Crippen molar-refractivity contribution in [3.63, 3.8) is 0 Å². The van der Waals surface area contributed by atoms with Crippen molar-refractivity contribution < 1.29 is 4.79 Å². The highest BCUT2D eigenvalue weighted by atomic mass is 32.1. The molecule has 2 amide bonds. The molecule has 0 aliphatic carbocycles.